The van der Waals surface area contributed by atoms with Crippen LogP contribution in [0.3, 0.4) is 0 Å². The number of sulfonamides is 1. The average Bonchev–Trinajstić information content (AvgIpc) is 2.96. The van der Waals surface area contributed by atoms with E-state index in [1.807, 2.05) is 36.4 Å². The molecule has 3 heterocycles. The summed E-state index contributed by atoms with van der Waals surface area (Å²) in [6.45, 7) is 5.56. The van der Waals surface area contributed by atoms with Crippen molar-refractivity contribution in [1.29, 1.82) is 0 Å². The van der Waals surface area contributed by atoms with Crippen LogP contribution in [0.2, 0.25) is 0 Å². The summed E-state index contributed by atoms with van der Waals surface area (Å²) in [7, 11) is -3.58. The van der Waals surface area contributed by atoms with E-state index in [0.717, 1.165) is 16.6 Å². The molecule has 0 amide bonds. The van der Waals surface area contributed by atoms with Crippen LogP contribution in [0, 0.1) is 13.8 Å². The molecule has 0 unspecified atom stereocenters. The van der Waals surface area contributed by atoms with Crippen molar-refractivity contribution in [1.82, 2.24) is 19.1 Å². The van der Waals surface area contributed by atoms with Crippen LogP contribution in [0.1, 0.15) is 17.1 Å². The molecule has 0 atom stereocenters. The van der Waals surface area contributed by atoms with Crippen LogP contribution in [0.4, 0.5) is 0 Å². The molecule has 0 saturated carbocycles. The summed E-state index contributed by atoms with van der Waals surface area (Å²) in [4.78, 5) is 4.96. The van der Waals surface area contributed by atoms with Gasteiger partial charge in [0.05, 0.1) is 42.4 Å². The lowest BCUT2D eigenvalue weighted by molar-refractivity contribution is 0.0730. The number of para-hydroxylation sites is 1. The SMILES string of the molecule is Cc1nn(Cc2ccc3ccccc3n2)c(C)c1S(=O)(=O)N1CCOCC1. The number of hydrogen-bond donors (Lipinski definition) is 0. The molecule has 4 rings (SSSR count). The minimum atomic E-state index is -3.58. The number of aromatic nitrogens is 3. The van der Waals surface area contributed by atoms with E-state index in [2.05, 4.69) is 10.1 Å². The van der Waals surface area contributed by atoms with Gasteiger partial charge in [-0.2, -0.15) is 9.40 Å². The number of hydrogen-bond acceptors (Lipinski definition) is 5. The van der Waals surface area contributed by atoms with Crippen molar-refractivity contribution < 1.29 is 13.2 Å². The first-order chi connectivity index (χ1) is 13.0. The number of rotatable bonds is 4. The van der Waals surface area contributed by atoms with Crippen molar-refractivity contribution in [3.63, 3.8) is 0 Å². The van der Waals surface area contributed by atoms with E-state index in [-0.39, 0.29) is 0 Å². The van der Waals surface area contributed by atoms with Crippen LogP contribution in [0.15, 0.2) is 41.3 Å². The second kappa shape index (κ2) is 7.03. The number of benzene rings is 1. The Bertz CT molecular complexity index is 1090. The molecule has 2 aromatic heterocycles. The summed E-state index contributed by atoms with van der Waals surface area (Å²) < 4.78 is 34.6. The second-order valence-corrected chi connectivity index (χ2v) is 8.54. The Balaban J connectivity index is 1.67. The van der Waals surface area contributed by atoms with Gasteiger partial charge in [0.1, 0.15) is 4.90 Å². The highest BCUT2D eigenvalue weighted by Gasteiger charge is 2.32. The number of fused-ring (bicyclic) bond motifs is 1. The lowest BCUT2D eigenvalue weighted by Crippen LogP contribution is -2.41. The van der Waals surface area contributed by atoms with E-state index >= 15 is 0 Å². The molecule has 142 valence electrons. The highest BCUT2D eigenvalue weighted by molar-refractivity contribution is 7.89. The first-order valence-electron chi connectivity index (χ1n) is 8.93. The predicted octanol–water partition coefficient (Wildman–Crippen LogP) is 2.12. The van der Waals surface area contributed by atoms with Gasteiger partial charge in [-0.15, -0.1) is 0 Å². The Labute approximate surface area is 158 Å². The standard InChI is InChI=1S/C19H22N4O3S/c1-14-19(27(24,25)22-9-11-26-12-10-22)15(2)23(21-14)13-17-8-7-16-5-3-4-6-18(16)20-17/h3-8H,9-13H2,1-2H3. The molecule has 8 heteroatoms. The minimum Gasteiger partial charge on any atom is -0.379 e. The third-order valence-electron chi connectivity index (χ3n) is 4.85. The van der Waals surface area contributed by atoms with Gasteiger partial charge in [0, 0.05) is 18.5 Å². The van der Waals surface area contributed by atoms with Gasteiger partial charge in [-0.05, 0) is 26.0 Å². The van der Waals surface area contributed by atoms with E-state index in [9.17, 15) is 8.42 Å². The quantitative estimate of drug-likeness (QED) is 0.686. The maximum absolute atomic E-state index is 13.1. The summed E-state index contributed by atoms with van der Waals surface area (Å²) in [5.41, 5.74) is 2.90. The molecule has 3 aromatic rings. The van der Waals surface area contributed by atoms with Crippen LogP contribution in [-0.4, -0.2) is 53.8 Å². The topological polar surface area (TPSA) is 77.3 Å². The monoisotopic (exact) mass is 386 g/mol. The van der Waals surface area contributed by atoms with E-state index in [1.165, 1.54) is 4.31 Å². The Morgan fingerprint density at radius 3 is 2.59 bits per heavy atom. The molecule has 27 heavy (non-hydrogen) atoms. The zero-order chi connectivity index (χ0) is 19.0. The van der Waals surface area contributed by atoms with Gasteiger partial charge in [-0.25, -0.2) is 8.42 Å². The summed E-state index contributed by atoms with van der Waals surface area (Å²) in [6.07, 6.45) is 0. The van der Waals surface area contributed by atoms with Gasteiger partial charge < -0.3 is 4.74 Å². The lowest BCUT2D eigenvalue weighted by Gasteiger charge is -2.26. The molecule has 1 fully saturated rings. The predicted molar refractivity (Wildman–Crippen MR) is 102 cm³/mol. The number of ether oxygens (including phenoxy) is 1. The van der Waals surface area contributed by atoms with E-state index < -0.39 is 10.0 Å². The fourth-order valence-corrected chi connectivity index (χ4v) is 5.25. The molecule has 7 nitrogen and oxygen atoms in total. The first-order valence-corrected chi connectivity index (χ1v) is 10.4. The maximum Gasteiger partial charge on any atom is 0.246 e. The minimum absolute atomic E-state index is 0.296. The fraction of sp³-hybridized carbons (Fsp3) is 0.368. The molecular weight excluding hydrogens is 364 g/mol. The normalized spacial score (nSPS) is 16.1. The molecule has 1 aliphatic heterocycles. The molecule has 1 saturated heterocycles. The Hall–Kier alpha value is -2.29. The maximum atomic E-state index is 13.1. The van der Waals surface area contributed by atoms with Crippen molar-refractivity contribution in [3.05, 3.63) is 53.5 Å². The van der Waals surface area contributed by atoms with Gasteiger partial charge in [-0.1, -0.05) is 24.3 Å². The number of morpholine rings is 1. The lowest BCUT2D eigenvalue weighted by atomic mass is 10.2. The second-order valence-electron chi connectivity index (χ2n) is 6.67. The van der Waals surface area contributed by atoms with Crippen molar-refractivity contribution in [3.8, 4) is 0 Å². The average molecular weight is 386 g/mol. The van der Waals surface area contributed by atoms with E-state index in [0.29, 0.717) is 49.1 Å². The summed E-state index contributed by atoms with van der Waals surface area (Å²) >= 11 is 0. The summed E-state index contributed by atoms with van der Waals surface area (Å²) in [5, 5.41) is 5.56. The zero-order valence-electron chi connectivity index (χ0n) is 15.4. The van der Waals surface area contributed by atoms with Crippen LogP contribution < -0.4 is 0 Å². The van der Waals surface area contributed by atoms with Gasteiger partial charge in [0.2, 0.25) is 10.0 Å². The summed E-state index contributed by atoms with van der Waals surface area (Å²) in [5.74, 6) is 0. The summed E-state index contributed by atoms with van der Waals surface area (Å²) in [6, 6.07) is 11.9. The Morgan fingerprint density at radius 1 is 1.07 bits per heavy atom. The Morgan fingerprint density at radius 2 is 1.81 bits per heavy atom. The van der Waals surface area contributed by atoms with Gasteiger partial charge in [0.15, 0.2) is 0 Å². The van der Waals surface area contributed by atoms with Gasteiger partial charge >= 0.3 is 0 Å². The molecule has 0 radical (unpaired) electrons. The van der Waals surface area contributed by atoms with Crippen LogP contribution in [0.25, 0.3) is 10.9 Å². The molecule has 1 aliphatic rings. The molecule has 0 aliphatic carbocycles. The van der Waals surface area contributed by atoms with Gasteiger partial charge in [-0.3, -0.25) is 9.67 Å². The fourth-order valence-electron chi connectivity index (χ4n) is 3.47. The largest absolute Gasteiger partial charge is 0.379 e. The highest BCUT2D eigenvalue weighted by atomic mass is 32.2. The number of pyridine rings is 1. The molecular formula is C19H22N4O3S. The zero-order valence-corrected chi connectivity index (χ0v) is 16.2. The first kappa shape index (κ1) is 18.1. The van der Waals surface area contributed by atoms with Crippen molar-refractivity contribution in [2.75, 3.05) is 26.3 Å². The smallest absolute Gasteiger partial charge is 0.246 e. The Kier molecular flexibility index (Phi) is 4.71. The van der Waals surface area contributed by atoms with E-state index in [1.54, 1.807) is 18.5 Å². The number of nitrogens with zero attached hydrogens (tertiary/aromatic N) is 4. The number of aryl methyl sites for hydroxylation is 1. The molecule has 0 spiro atoms. The van der Waals surface area contributed by atoms with Crippen molar-refractivity contribution in [2.45, 2.75) is 25.3 Å². The highest BCUT2D eigenvalue weighted by Crippen LogP contribution is 2.25. The third kappa shape index (κ3) is 3.36. The molecule has 0 N–H and O–H groups in total. The van der Waals surface area contributed by atoms with Crippen LogP contribution in [-0.2, 0) is 21.3 Å². The van der Waals surface area contributed by atoms with Crippen LogP contribution in [0.5, 0.6) is 0 Å². The third-order valence-corrected chi connectivity index (χ3v) is 7.00. The molecule has 1 aromatic carbocycles. The van der Waals surface area contributed by atoms with E-state index in [4.69, 9.17) is 4.74 Å². The van der Waals surface area contributed by atoms with Crippen molar-refractivity contribution in [2.24, 2.45) is 0 Å². The van der Waals surface area contributed by atoms with Crippen LogP contribution >= 0.6 is 0 Å². The van der Waals surface area contributed by atoms with Gasteiger partial charge in [0.25, 0.3) is 0 Å². The van der Waals surface area contributed by atoms with Crippen molar-refractivity contribution >= 4 is 20.9 Å². The molecule has 0 bridgehead atoms.